The van der Waals surface area contributed by atoms with Crippen molar-refractivity contribution < 1.29 is 13.0 Å². The Morgan fingerprint density at radius 1 is 1.56 bits per heavy atom. The van der Waals surface area contributed by atoms with Gasteiger partial charge in [-0.25, -0.2) is 0 Å². The Kier molecular flexibility index (Phi) is 6.54. The average Bonchev–Trinajstić information content (AvgIpc) is 1.62. The molecule has 0 radical (unpaired) electrons. The van der Waals surface area contributed by atoms with Gasteiger partial charge in [0.2, 0.25) is 0 Å². The van der Waals surface area contributed by atoms with Gasteiger partial charge in [0.25, 0.3) is 10.1 Å². The van der Waals surface area contributed by atoms with E-state index in [0.717, 1.165) is 0 Å². The number of rotatable bonds is 2. The molecule has 0 heterocycles. The molecule has 3 nitrogen and oxygen atoms in total. The summed E-state index contributed by atoms with van der Waals surface area (Å²) in [6.45, 7) is 3.17. The van der Waals surface area contributed by atoms with Crippen molar-refractivity contribution in [2.75, 3.05) is 0 Å². The molecule has 1 N–H and O–H groups in total. The summed E-state index contributed by atoms with van der Waals surface area (Å²) >= 11 is 0. The molecule has 9 heavy (non-hydrogen) atoms. The molecule has 0 aliphatic carbocycles. The summed E-state index contributed by atoms with van der Waals surface area (Å²) < 4.78 is 28.5. The van der Waals surface area contributed by atoms with E-state index in [1.807, 2.05) is 0 Å². The molecule has 0 rings (SSSR count). The standard InChI is InChI=1S/C4H10O3S.Na.H/c1-3-4(2)8(5,6)7;;/h4H,3H2,1-2H3,(H,5,6,7);;. The molecule has 0 aliphatic heterocycles. The van der Waals surface area contributed by atoms with Crippen molar-refractivity contribution in [3.8, 4) is 0 Å². The first-order valence-corrected chi connectivity index (χ1v) is 3.95. The summed E-state index contributed by atoms with van der Waals surface area (Å²) in [6.07, 6.45) is 0.457. The van der Waals surface area contributed by atoms with Gasteiger partial charge in [0.1, 0.15) is 0 Å². The van der Waals surface area contributed by atoms with E-state index >= 15 is 0 Å². The third-order valence-corrected chi connectivity index (χ3v) is 2.43. The Bertz CT molecular complexity index is 151. The predicted molar refractivity (Wildman–Crippen MR) is 38.5 cm³/mol. The summed E-state index contributed by atoms with van der Waals surface area (Å²) in [5.41, 5.74) is 0. The molecule has 0 aromatic rings. The van der Waals surface area contributed by atoms with Gasteiger partial charge in [-0.3, -0.25) is 4.55 Å². The molecule has 0 saturated heterocycles. The first-order chi connectivity index (χ1) is 3.48. The van der Waals surface area contributed by atoms with Gasteiger partial charge in [0.05, 0.1) is 5.25 Å². The summed E-state index contributed by atoms with van der Waals surface area (Å²) in [7, 11) is -3.75. The predicted octanol–water partition coefficient (Wildman–Crippen LogP) is 0.0242. The summed E-state index contributed by atoms with van der Waals surface area (Å²) in [5.74, 6) is 0. The van der Waals surface area contributed by atoms with Crippen molar-refractivity contribution in [1.29, 1.82) is 0 Å². The van der Waals surface area contributed by atoms with Gasteiger partial charge in [-0.2, -0.15) is 8.42 Å². The Hall–Kier alpha value is 0.910. The van der Waals surface area contributed by atoms with E-state index in [1.54, 1.807) is 6.92 Å². The molecule has 5 heteroatoms. The van der Waals surface area contributed by atoms with E-state index in [2.05, 4.69) is 0 Å². The van der Waals surface area contributed by atoms with Crippen molar-refractivity contribution >= 4 is 39.7 Å². The van der Waals surface area contributed by atoms with Gasteiger partial charge in [0, 0.05) is 0 Å². The fourth-order valence-electron chi connectivity index (χ4n) is 0.211. The Labute approximate surface area is 77.9 Å². The Balaban J connectivity index is 0. The van der Waals surface area contributed by atoms with Crippen LogP contribution in [-0.2, 0) is 10.1 Å². The van der Waals surface area contributed by atoms with E-state index in [9.17, 15) is 8.42 Å². The van der Waals surface area contributed by atoms with Gasteiger partial charge >= 0.3 is 29.6 Å². The zero-order valence-corrected chi connectivity index (χ0v) is 5.77. The average molecular weight is 162 g/mol. The van der Waals surface area contributed by atoms with Gasteiger partial charge in [-0.1, -0.05) is 6.92 Å². The minimum atomic E-state index is -3.75. The molecule has 1 unspecified atom stereocenters. The molecule has 0 aromatic carbocycles. The molecule has 0 saturated carbocycles. The second-order valence-electron chi connectivity index (χ2n) is 1.73. The third-order valence-electron chi connectivity index (χ3n) is 1.08. The molecular formula is C4H11NaO3S. The quantitative estimate of drug-likeness (QED) is 0.460. The van der Waals surface area contributed by atoms with Crippen LogP contribution in [0.2, 0.25) is 0 Å². The van der Waals surface area contributed by atoms with Crippen LogP contribution in [0.1, 0.15) is 20.3 Å². The minimum absolute atomic E-state index is 0. The van der Waals surface area contributed by atoms with Crippen LogP contribution in [0.5, 0.6) is 0 Å². The normalized spacial score (nSPS) is 14.1. The molecule has 0 amide bonds. The fourth-order valence-corrected chi connectivity index (χ4v) is 0.632. The zero-order valence-electron chi connectivity index (χ0n) is 4.96. The van der Waals surface area contributed by atoms with E-state index in [4.69, 9.17) is 4.55 Å². The van der Waals surface area contributed by atoms with E-state index < -0.39 is 15.4 Å². The summed E-state index contributed by atoms with van der Waals surface area (Å²) in [5, 5.41) is -0.623. The van der Waals surface area contributed by atoms with Crippen LogP contribution in [0.15, 0.2) is 0 Å². The summed E-state index contributed by atoms with van der Waals surface area (Å²) in [6, 6.07) is 0. The molecule has 0 bridgehead atoms. The monoisotopic (exact) mass is 162 g/mol. The van der Waals surface area contributed by atoms with E-state index in [0.29, 0.717) is 6.42 Å². The van der Waals surface area contributed by atoms with Crippen molar-refractivity contribution in [3.63, 3.8) is 0 Å². The number of hydrogen-bond acceptors (Lipinski definition) is 2. The molecule has 52 valence electrons. The second kappa shape index (κ2) is 4.68. The summed E-state index contributed by atoms with van der Waals surface area (Å²) in [4.78, 5) is 0. The van der Waals surface area contributed by atoms with Crippen molar-refractivity contribution in [1.82, 2.24) is 0 Å². The number of hydrogen-bond donors (Lipinski definition) is 1. The second-order valence-corrected chi connectivity index (χ2v) is 3.57. The molecule has 0 aliphatic rings. The van der Waals surface area contributed by atoms with Crippen LogP contribution in [0.4, 0.5) is 0 Å². The molecule has 0 spiro atoms. The van der Waals surface area contributed by atoms with Crippen LogP contribution >= 0.6 is 0 Å². The van der Waals surface area contributed by atoms with Crippen LogP contribution in [0.3, 0.4) is 0 Å². The maximum absolute atomic E-state index is 10.1. The Morgan fingerprint density at radius 2 is 1.89 bits per heavy atom. The zero-order chi connectivity index (χ0) is 6.78. The topological polar surface area (TPSA) is 54.4 Å². The molecule has 0 aromatic heterocycles. The van der Waals surface area contributed by atoms with Crippen molar-refractivity contribution in [2.45, 2.75) is 25.5 Å². The SMILES string of the molecule is CCC(C)S(=O)(=O)O.[NaH]. The van der Waals surface area contributed by atoms with Crippen LogP contribution < -0.4 is 0 Å². The Morgan fingerprint density at radius 3 is 1.89 bits per heavy atom. The first-order valence-electron chi connectivity index (χ1n) is 2.44. The van der Waals surface area contributed by atoms with Crippen LogP contribution in [0.25, 0.3) is 0 Å². The van der Waals surface area contributed by atoms with Gasteiger partial charge in [-0.05, 0) is 13.3 Å². The molecule has 1 atom stereocenters. The fraction of sp³-hybridized carbons (Fsp3) is 1.00. The van der Waals surface area contributed by atoms with Gasteiger partial charge in [0.15, 0.2) is 0 Å². The molecular weight excluding hydrogens is 151 g/mol. The van der Waals surface area contributed by atoms with Crippen LogP contribution in [-0.4, -0.2) is 47.8 Å². The molecule has 0 fully saturated rings. The van der Waals surface area contributed by atoms with Gasteiger partial charge in [-0.15, -0.1) is 0 Å². The first kappa shape index (κ1) is 12.6. The van der Waals surface area contributed by atoms with Crippen LogP contribution in [0, 0.1) is 0 Å². The van der Waals surface area contributed by atoms with Gasteiger partial charge < -0.3 is 0 Å². The van der Waals surface area contributed by atoms with E-state index in [-0.39, 0.29) is 29.6 Å². The van der Waals surface area contributed by atoms with Crippen molar-refractivity contribution in [3.05, 3.63) is 0 Å². The van der Waals surface area contributed by atoms with Crippen molar-refractivity contribution in [2.24, 2.45) is 0 Å². The third kappa shape index (κ3) is 5.36. The van der Waals surface area contributed by atoms with E-state index in [1.165, 1.54) is 6.92 Å². The maximum atomic E-state index is 10.1.